The van der Waals surface area contributed by atoms with Gasteiger partial charge < -0.3 is 0 Å². The molecule has 0 saturated heterocycles. The molecule has 3 heteroatoms. The summed E-state index contributed by atoms with van der Waals surface area (Å²) in [6.07, 6.45) is 0. The van der Waals surface area contributed by atoms with Crippen LogP contribution in [0, 0.1) is 12.7 Å². The molecule has 0 unspecified atom stereocenters. The molecule has 0 spiro atoms. The monoisotopic (exact) mass is 174 g/mol. The van der Waals surface area contributed by atoms with E-state index >= 15 is 0 Å². The zero-order valence-corrected chi connectivity index (χ0v) is 6.87. The van der Waals surface area contributed by atoms with Crippen molar-refractivity contribution in [1.82, 2.24) is 0 Å². The number of benzene rings is 1. The maximum atomic E-state index is 12.8. The van der Waals surface area contributed by atoms with E-state index in [1.54, 1.807) is 0 Å². The highest BCUT2D eigenvalue weighted by Crippen LogP contribution is 2.30. The van der Waals surface area contributed by atoms with E-state index in [1.165, 1.54) is 25.1 Å². The van der Waals surface area contributed by atoms with Crippen molar-refractivity contribution >= 4 is 0 Å². The summed E-state index contributed by atoms with van der Waals surface area (Å²) in [5, 5.41) is 0. The van der Waals surface area contributed by atoms with Gasteiger partial charge in [0.1, 0.15) is 5.82 Å². The largest absolute Gasteiger partial charge is 0.270 e. The molecule has 0 heterocycles. The summed E-state index contributed by atoms with van der Waals surface area (Å²) in [6.45, 7) is 2.11. The molecule has 0 aromatic heterocycles. The molecule has 0 nitrogen and oxygen atoms in total. The minimum absolute atomic E-state index is 0.0185. The Morgan fingerprint density at radius 2 is 1.83 bits per heavy atom. The molecular formula is C9H9F3. The Morgan fingerprint density at radius 1 is 1.25 bits per heavy atom. The van der Waals surface area contributed by atoms with Crippen LogP contribution >= 0.6 is 0 Å². The number of hydrogen-bond acceptors (Lipinski definition) is 0. The summed E-state index contributed by atoms with van der Waals surface area (Å²) < 4.78 is 38.2. The third-order valence-electron chi connectivity index (χ3n) is 1.74. The molecule has 0 aliphatic rings. The predicted molar refractivity (Wildman–Crippen MR) is 40.7 cm³/mol. The van der Waals surface area contributed by atoms with Gasteiger partial charge in [0.15, 0.2) is 0 Å². The Labute approximate surface area is 69.0 Å². The molecule has 66 valence electrons. The molecule has 0 bridgehead atoms. The van der Waals surface area contributed by atoms with E-state index in [9.17, 15) is 13.2 Å². The van der Waals surface area contributed by atoms with Crippen molar-refractivity contribution in [3.05, 3.63) is 35.1 Å². The van der Waals surface area contributed by atoms with Gasteiger partial charge in [0, 0.05) is 12.5 Å². The number of rotatable bonds is 1. The highest BCUT2D eigenvalue weighted by molar-refractivity contribution is 5.30. The molecule has 0 amide bonds. The van der Waals surface area contributed by atoms with Crippen molar-refractivity contribution in [3.63, 3.8) is 0 Å². The Bertz CT molecular complexity index is 286. The summed E-state index contributed by atoms with van der Waals surface area (Å²) in [7, 11) is 0. The lowest BCUT2D eigenvalue weighted by molar-refractivity contribution is 0.0164. The first kappa shape index (κ1) is 9.10. The van der Waals surface area contributed by atoms with Gasteiger partial charge in [0.25, 0.3) is 5.92 Å². The van der Waals surface area contributed by atoms with Gasteiger partial charge in [0.2, 0.25) is 0 Å². The second kappa shape index (κ2) is 2.81. The van der Waals surface area contributed by atoms with Crippen molar-refractivity contribution < 1.29 is 13.2 Å². The van der Waals surface area contributed by atoms with Crippen LogP contribution in [0.4, 0.5) is 13.2 Å². The quantitative estimate of drug-likeness (QED) is 0.613. The third-order valence-corrected chi connectivity index (χ3v) is 1.74. The van der Waals surface area contributed by atoms with Gasteiger partial charge in [-0.2, -0.15) is 0 Å². The molecule has 1 aromatic carbocycles. The zero-order chi connectivity index (χ0) is 9.35. The van der Waals surface area contributed by atoms with E-state index in [4.69, 9.17) is 0 Å². The summed E-state index contributed by atoms with van der Waals surface area (Å²) >= 11 is 0. The van der Waals surface area contributed by atoms with Gasteiger partial charge >= 0.3 is 0 Å². The second-order valence-electron chi connectivity index (χ2n) is 2.80. The Kier molecular flexibility index (Phi) is 2.13. The van der Waals surface area contributed by atoms with Crippen LogP contribution in [-0.4, -0.2) is 0 Å². The third kappa shape index (κ3) is 1.60. The van der Waals surface area contributed by atoms with Crippen molar-refractivity contribution in [1.29, 1.82) is 0 Å². The van der Waals surface area contributed by atoms with E-state index in [0.717, 1.165) is 6.92 Å². The summed E-state index contributed by atoms with van der Waals surface area (Å²) in [6, 6.07) is 3.69. The van der Waals surface area contributed by atoms with Gasteiger partial charge in [-0.15, -0.1) is 0 Å². The fourth-order valence-electron chi connectivity index (χ4n) is 1.08. The maximum absolute atomic E-state index is 12.8. The first-order chi connectivity index (χ1) is 5.43. The SMILES string of the molecule is Cc1c(F)cccc1C(C)(F)F. The van der Waals surface area contributed by atoms with E-state index in [0.29, 0.717) is 0 Å². The standard InChI is InChI=1S/C9H9F3/c1-6-7(9(2,11)12)4-3-5-8(6)10/h3-5H,1-2H3. The first-order valence-electron chi connectivity index (χ1n) is 3.56. The van der Waals surface area contributed by atoms with Crippen LogP contribution < -0.4 is 0 Å². The Balaban J connectivity index is 3.26. The average molecular weight is 174 g/mol. The fourth-order valence-corrected chi connectivity index (χ4v) is 1.08. The van der Waals surface area contributed by atoms with Crippen LogP contribution in [-0.2, 0) is 5.92 Å². The molecule has 0 aliphatic heterocycles. The van der Waals surface area contributed by atoms with Crippen LogP contribution in [0.3, 0.4) is 0 Å². The van der Waals surface area contributed by atoms with E-state index < -0.39 is 11.7 Å². The first-order valence-corrected chi connectivity index (χ1v) is 3.56. The molecule has 1 rings (SSSR count). The number of hydrogen-bond donors (Lipinski definition) is 0. The Hall–Kier alpha value is -0.990. The number of alkyl halides is 2. The van der Waals surface area contributed by atoms with Crippen LogP contribution in [0.1, 0.15) is 18.1 Å². The molecule has 0 N–H and O–H groups in total. The normalized spacial score (nSPS) is 11.8. The lowest BCUT2D eigenvalue weighted by atomic mass is 10.0. The smallest absolute Gasteiger partial charge is 0.207 e. The van der Waals surface area contributed by atoms with Gasteiger partial charge in [-0.05, 0) is 18.6 Å². The van der Waals surface area contributed by atoms with Gasteiger partial charge in [-0.1, -0.05) is 12.1 Å². The fraction of sp³-hybridized carbons (Fsp3) is 0.333. The van der Waals surface area contributed by atoms with Crippen molar-refractivity contribution in [2.24, 2.45) is 0 Å². The Morgan fingerprint density at radius 3 is 2.25 bits per heavy atom. The lowest BCUT2D eigenvalue weighted by Crippen LogP contribution is -2.09. The summed E-state index contributed by atoms with van der Waals surface area (Å²) in [4.78, 5) is 0. The van der Waals surface area contributed by atoms with Crippen LogP contribution in [0.25, 0.3) is 0 Å². The van der Waals surface area contributed by atoms with Crippen molar-refractivity contribution in [2.45, 2.75) is 19.8 Å². The highest BCUT2D eigenvalue weighted by atomic mass is 19.3. The van der Waals surface area contributed by atoms with Crippen LogP contribution in [0.2, 0.25) is 0 Å². The lowest BCUT2D eigenvalue weighted by Gasteiger charge is -2.13. The minimum atomic E-state index is -2.97. The highest BCUT2D eigenvalue weighted by Gasteiger charge is 2.26. The zero-order valence-electron chi connectivity index (χ0n) is 6.87. The molecule has 0 radical (unpaired) electrons. The molecule has 0 aliphatic carbocycles. The van der Waals surface area contributed by atoms with Crippen LogP contribution in [0.15, 0.2) is 18.2 Å². The number of halogens is 3. The predicted octanol–water partition coefficient (Wildman–Crippen LogP) is 3.25. The van der Waals surface area contributed by atoms with E-state index in [-0.39, 0.29) is 11.1 Å². The maximum Gasteiger partial charge on any atom is 0.270 e. The van der Waals surface area contributed by atoms with Crippen molar-refractivity contribution in [3.8, 4) is 0 Å². The molecule has 0 atom stereocenters. The van der Waals surface area contributed by atoms with Gasteiger partial charge in [-0.3, -0.25) is 0 Å². The summed E-state index contributed by atoms with van der Waals surface area (Å²) in [5.74, 6) is -3.55. The average Bonchev–Trinajstić information content (AvgIpc) is 1.92. The molecular weight excluding hydrogens is 165 g/mol. The van der Waals surface area contributed by atoms with E-state index in [2.05, 4.69) is 0 Å². The molecule has 0 saturated carbocycles. The van der Waals surface area contributed by atoms with Crippen LogP contribution in [0.5, 0.6) is 0 Å². The molecule has 12 heavy (non-hydrogen) atoms. The second-order valence-corrected chi connectivity index (χ2v) is 2.80. The summed E-state index contributed by atoms with van der Waals surface area (Å²) in [5.41, 5.74) is -0.229. The topological polar surface area (TPSA) is 0 Å². The molecule has 0 fully saturated rings. The van der Waals surface area contributed by atoms with Crippen molar-refractivity contribution in [2.75, 3.05) is 0 Å². The molecule has 1 aromatic rings. The van der Waals surface area contributed by atoms with Gasteiger partial charge in [-0.25, -0.2) is 13.2 Å². The van der Waals surface area contributed by atoms with E-state index in [1.807, 2.05) is 0 Å². The minimum Gasteiger partial charge on any atom is -0.207 e. The van der Waals surface area contributed by atoms with Gasteiger partial charge in [0.05, 0.1) is 0 Å².